The summed E-state index contributed by atoms with van der Waals surface area (Å²) < 4.78 is 4.95. The lowest BCUT2D eigenvalue weighted by molar-refractivity contribution is 0.161. The fourth-order valence-corrected chi connectivity index (χ4v) is 2.18. The Morgan fingerprint density at radius 2 is 1.77 bits per heavy atom. The number of hydrogen-bond donors (Lipinski definition) is 4. The zero-order chi connectivity index (χ0) is 18.8. The van der Waals surface area contributed by atoms with E-state index in [0.29, 0.717) is 30.1 Å². The van der Waals surface area contributed by atoms with Crippen molar-refractivity contribution in [1.82, 2.24) is 5.32 Å². The van der Waals surface area contributed by atoms with E-state index in [9.17, 15) is 14.7 Å². The van der Waals surface area contributed by atoms with E-state index in [1.807, 2.05) is 6.92 Å². The Hall–Kier alpha value is -3.06. The molecule has 2 rings (SSSR count). The molecule has 0 aliphatic carbocycles. The quantitative estimate of drug-likeness (QED) is 0.610. The maximum Gasteiger partial charge on any atom is 0.411 e. The number of aliphatic hydroxyl groups excluding tert-OH is 1. The van der Waals surface area contributed by atoms with Crippen LogP contribution < -0.4 is 16.0 Å². The third kappa shape index (κ3) is 6.10. The third-order valence-corrected chi connectivity index (χ3v) is 3.53. The molecular formula is C19H23N3O4. The number of nitrogens with one attached hydrogen (secondary N) is 3. The first kappa shape index (κ1) is 19.3. The van der Waals surface area contributed by atoms with Gasteiger partial charge in [-0.15, -0.1) is 0 Å². The minimum Gasteiger partial charge on any atom is -0.449 e. The number of rotatable bonds is 7. The first-order valence-electron chi connectivity index (χ1n) is 8.38. The Morgan fingerprint density at radius 1 is 1.04 bits per heavy atom. The molecule has 0 bridgehead atoms. The van der Waals surface area contributed by atoms with Gasteiger partial charge in [0.25, 0.3) is 0 Å². The van der Waals surface area contributed by atoms with Gasteiger partial charge in [-0.1, -0.05) is 37.3 Å². The van der Waals surface area contributed by atoms with Crippen molar-refractivity contribution in [2.75, 3.05) is 17.2 Å². The Bertz CT molecular complexity index is 732. The molecule has 2 aromatic carbocycles. The van der Waals surface area contributed by atoms with Crippen molar-refractivity contribution in [3.8, 4) is 0 Å². The molecule has 26 heavy (non-hydrogen) atoms. The summed E-state index contributed by atoms with van der Waals surface area (Å²) in [5.41, 5.74) is 2.71. The number of amides is 3. The predicted molar refractivity (Wildman–Crippen MR) is 99.9 cm³/mol. The monoisotopic (exact) mass is 357 g/mol. The predicted octanol–water partition coefficient (Wildman–Crippen LogP) is 3.46. The Balaban J connectivity index is 1.82. The van der Waals surface area contributed by atoms with Gasteiger partial charge in [-0.05, 0) is 30.2 Å². The van der Waals surface area contributed by atoms with Crippen LogP contribution in [0.15, 0.2) is 48.5 Å². The number of anilines is 2. The van der Waals surface area contributed by atoms with Crippen LogP contribution in [0.1, 0.15) is 24.5 Å². The first-order valence-corrected chi connectivity index (χ1v) is 8.38. The minimum absolute atomic E-state index is 0.147. The van der Waals surface area contributed by atoms with Crippen LogP contribution in [0.4, 0.5) is 21.0 Å². The average Bonchev–Trinajstić information content (AvgIpc) is 2.66. The van der Waals surface area contributed by atoms with Gasteiger partial charge in [0.2, 0.25) is 0 Å². The zero-order valence-corrected chi connectivity index (χ0v) is 14.6. The van der Waals surface area contributed by atoms with E-state index in [1.165, 1.54) is 0 Å². The molecule has 0 fully saturated rings. The molecule has 4 N–H and O–H groups in total. The van der Waals surface area contributed by atoms with Crippen molar-refractivity contribution < 1.29 is 19.4 Å². The van der Waals surface area contributed by atoms with Crippen LogP contribution in [0.5, 0.6) is 0 Å². The van der Waals surface area contributed by atoms with Crippen molar-refractivity contribution in [2.45, 2.75) is 26.5 Å². The second-order valence-corrected chi connectivity index (χ2v) is 5.58. The highest BCUT2D eigenvalue weighted by Gasteiger charge is 2.06. The van der Waals surface area contributed by atoms with Gasteiger partial charge in [-0.25, -0.2) is 9.59 Å². The highest BCUT2D eigenvalue weighted by Crippen LogP contribution is 2.14. The Labute approximate surface area is 152 Å². The topological polar surface area (TPSA) is 99.7 Å². The van der Waals surface area contributed by atoms with Crippen molar-refractivity contribution in [3.05, 3.63) is 59.7 Å². The summed E-state index contributed by atoms with van der Waals surface area (Å²) in [6, 6.07) is 13.8. The molecule has 7 heteroatoms. The normalized spacial score (nSPS) is 10.1. The molecule has 0 radical (unpaired) electrons. The summed E-state index contributed by atoms with van der Waals surface area (Å²) in [5.74, 6) is 0. The molecule has 2 aromatic rings. The molecule has 0 atom stereocenters. The van der Waals surface area contributed by atoms with E-state index < -0.39 is 6.09 Å². The third-order valence-electron chi connectivity index (χ3n) is 3.53. The lowest BCUT2D eigenvalue weighted by atomic mass is 10.2. The van der Waals surface area contributed by atoms with Crippen LogP contribution in [0, 0.1) is 0 Å². The van der Waals surface area contributed by atoms with Gasteiger partial charge in [0.1, 0.15) is 0 Å². The van der Waals surface area contributed by atoms with E-state index in [1.54, 1.807) is 48.5 Å². The minimum atomic E-state index is -0.486. The Morgan fingerprint density at radius 3 is 2.46 bits per heavy atom. The second-order valence-electron chi connectivity index (χ2n) is 5.58. The lowest BCUT2D eigenvalue weighted by Gasteiger charge is -2.11. The van der Waals surface area contributed by atoms with Gasteiger partial charge in [0, 0.05) is 23.5 Å². The molecule has 0 saturated carbocycles. The second kappa shape index (κ2) is 10.0. The van der Waals surface area contributed by atoms with Gasteiger partial charge in [0.15, 0.2) is 0 Å². The lowest BCUT2D eigenvalue weighted by Crippen LogP contribution is -2.28. The molecule has 0 aliphatic heterocycles. The highest BCUT2D eigenvalue weighted by molar-refractivity contribution is 5.90. The maximum atomic E-state index is 12.0. The van der Waals surface area contributed by atoms with Gasteiger partial charge in [-0.2, -0.15) is 0 Å². The molecule has 0 saturated heterocycles. The summed E-state index contributed by atoms with van der Waals surface area (Å²) in [7, 11) is 0. The van der Waals surface area contributed by atoms with E-state index >= 15 is 0 Å². The van der Waals surface area contributed by atoms with Crippen LogP contribution in [0.3, 0.4) is 0 Å². The molecule has 0 unspecified atom stereocenters. The number of benzene rings is 2. The van der Waals surface area contributed by atoms with E-state index in [0.717, 1.165) is 12.0 Å². The summed E-state index contributed by atoms with van der Waals surface area (Å²) in [6.45, 7) is 2.48. The fraction of sp³-hybridized carbons (Fsp3) is 0.263. The molecule has 138 valence electrons. The van der Waals surface area contributed by atoms with Crippen molar-refractivity contribution in [2.24, 2.45) is 0 Å². The van der Waals surface area contributed by atoms with E-state index in [-0.39, 0.29) is 12.6 Å². The number of ether oxygens (including phenoxy) is 1. The van der Waals surface area contributed by atoms with Gasteiger partial charge in [-0.3, -0.25) is 5.32 Å². The number of para-hydroxylation sites is 1. The van der Waals surface area contributed by atoms with Crippen LogP contribution >= 0.6 is 0 Å². The summed E-state index contributed by atoms with van der Waals surface area (Å²) in [6.07, 6.45) is 0.280. The fourth-order valence-electron chi connectivity index (χ4n) is 2.18. The smallest absolute Gasteiger partial charge is 0.411 e. The number of hydrogen-bond acceptors (Lipinski definition) is 4. The molecule has 0 spiro atoms. The van der Waals surface area contributed by atoms with Crippen molar-refractivity contribution in [1.29, 1.82) is 0 Å². The number of carbonyl (C=O) groups is 2. The standard InChI is InChI=1S/C19H23N3O4/c1-2-11-26-19(25)21-16-9-7-14(8-10-16)12-20-18(24)22-17-6-4-3-5-15(17)13-23/h3-10,23H,2,11-13H2,1H3,(H,21,25)(H2,20,22,24). The van der Waals surface area contributed by atoms with Crippen LogP contribution in [-0.4, -0.2) is 23.8 Å². The van der Waals surface area contributed by atoms with Crippen LogP contribution in [-0.2, 0) is 17.9 Å². The molecule has 0 aromatic heterocycles. The average molecular weight is 357 g/mol. The number of aliphatic hydroxyl groups is 1. The van der Waals surface area contributed by atoms with Crippen LogP contribution in [0.2, 0.25) is 0 Å². The number of carbonyl (C=O) groups excluding carboxylic acids is 2. The first-order chi connectivity index (χ1) is 12.6. The number of urea groups is 1. The van der Waals surface area contributed by atoms with Gasteiger partial charge in [0.05, 0.1) is 13.2 Å². The van der Waals surface area contributed by atoms with E-state index in [4.69, 9.17) is 4.74 Å². The molecule has 7 nitrogen and oxygen atoms in total. The SMILES string of the molecule is CCCOC(=O)Nc1ccc(CNC(=O)Nc2ccccc2CO)cc1. The van der Waals surface area contributed by atoms with E-state index in [2.05, 4.69) is 16.0 Å². The van der Waals surface area contributed by atoms with Crippen LogP contribution in [0.25, 0.3) is 0 Å². The molecular weight excluding hydrogens is 334 g/mol. The van der Waals surface area contributed by atoms with Crippen molar-refractivity contribution in [3.63, 3.8) is 0 Å². The summed E-state index contributed by atoms with van der Waals surface area (Å²) in [4.78, 5) is 23.5. The van der Waals surface area contributed by atoms with Gasteiger partial charge >= 0.3 is 12.1 Å². The summed E-state index contributed by atoms with van der Waals surface area (Å²) in [5, 5.41) is 17.3. The molecule has 0 heterocycles. The highest BCUT2D eigenvalue weighted by atomic mass is 16.5. The Kier molecular flexibility index (Phi) is 7.45. The van der Waals surface area contributed by atoms with Gasteiger partial charge < -0.3 is 20.5 Å². The van der Waals surface area contributed by atoms with Crippen molar-refractivity contribution >= 4 is 23.5 Å². The molecule has 3 amide bonds. The molecule has 0 aliphatic rings. The largest absolute Gasteiger partial charge is 0.449 e. The summed E-state index contributed by atoms with van der Waals surface area (Å²) >= 11 is 0. The zero-order valence-electron chi connectivity index (χ0n) is 14.6. The maximum absolute atomic E-state index is 12.0.